The third-order valence-electron chi connectivity index (χ3n) is 4.33. The summed E-state index contributed by atoms with van der Waals surface area (Å²) in [6.45, 7) is 3.00. The van der Waals surface area contributed by atoms with Gasteiger partial charge in [-0.3, -0.25) is 0 Å². The minimum absolute atomic E-state index is 0.169. The molecule has 1 aromatic heterocycles. The van der Waals surface area contributed by atoms with Crippen molar-refractivity contribution in [1.82, 2.24) is 10.3 Å². The number of ether oxygens (including phenoxy) is 1. The van der Waals surface area contributed by atoms with Crippen molar-refractivity contribution in [2.45, 2.75) is 37.8 Å². The number of hydrogen-bond acceptors (Lipinski definition) is 5. The van der Waals surface area contributed by atoms with Gasteiger partial charge in [-0.2, -0.15) is 11.8 Å². The first-order chi connectivity index (χ1) is 9.22. The lowest BCUT2D eigenvalue weighted by Gasteiger charge is -2.40. The molecule has 2 aliphatic heterocycles. The van der Waals surface area contributed by atoms with E-state index in [9.17, 15) is 0 Å². The molecule has 0 aromatic carbocycles. The van der Waals surface area contributed by atoms with Gasteiger partial charge in [-0.25, -0.2) is 4.98 Å². The normalized spacial score (nSPS) is 32.8. The van der Waals surface area contributed by atoms with E-state index < -0.39 is 0 Å². The number of thioether (sulfide) groups is 1. The van der Waals surface area contributed by atoms with Gasteiger partial charge in [0.15, 0.2) is 0 Å². The van der Waals surface area contributed by atoms with E-state index in [1.54, 1.807) is 0 Å². The largest absolute Gasteiger partial charge is 0.374 e. The standard InChI is InChI=1S/C14H22N2OS2/c1-10-16-8-12(19-10)13(15-2)11-3-5-17-14(7-11)4-6-18-9-14/h8,11,13,15H,3-7,9H2,1-2H3. The summed E-state index contributed by atoms with van der Waals surface area (Å²) in [4.78, 5) is 5.79. The van der Waals surface area contributed by atoms with Crippen LogP contribution in [0.15, 0.2) is 6.20 Å². The maximum absolute atomic E-state index is 6.13. The predicted octanol–water partition coefficient (Wildman–Crippen LogP) is 3.01. The van der Waals surface area contributed by atoms with Crippen LogP contribution in [0.1, 0.15) is 35.2 Å². The van der Waals surface area contributed by atoms with Gasteiger partial charge in [0.2, 0.25) is 0 Å². The van der Waals surface area contributed by atoms with E-state index in [0.29, 0.717) is 12.0 Å². The average Bonchev–Trinajstić information content (AvgIpc) is 3.01. The monoisotopic (exact) mass is 298 g/mol. The van der Waals surface area contributed by atoms with Crippen LogP contribution in [0.4, 0.5) is 0 Å². The fraction of sp³-hybridized carbons (Fsp3) is 0.786. The van der Waals surface area contributed by atoms with E-state index in [1.165, 1.54) is 29.2 Å². The Labute approximate surface area is 123 Å². The highest BCUT2D eigenvalue weighted by Crippen LogP contribution is 2.44. The van der Waals surface area contributed by atoms with Gasteiger partial charge in [0.25, 0.3) is 0 Å². The first-order valence-corrected chi connectivity index (χ1v) is 9.01. The molecule has 0 saturated carbocycles. The molecular formula is C14H22N2OS2. The summed E-state index contributed by atoms with van der Waals surface area (Å²) in [7, 11) is 2.07. The lowest BCUT2D eigenvalue weighted by Crippen LogP contribution is -2.43. The van der Waals surface area contributed by atoms with Crippen LogP contribution in [-0.4, -0.2) is 35.7 Å². The Morgan fingerprint density at radius 1 is 1.58 bits per heavy atom. The van der Waals surface area contributed by atoms with Gasteiger partial charge in [0, 0.05) is 29.5 Å². The summed E-state index contributed by atoms with van der Waals surface area (Å²) >= 11 is 3.87. The summed E-state index contributed by atoms with van der Waals surface area (Å²) in [5.74, 6) is 3.12. The molecule has 2 aliphatic rings. The Kier molecular flexibility index (Phi) is 4.17. The highest BCUT2D eigenvalue weighted by atomic mass is 32.2. The Morgan fingerprint density at radius 2 is 2.47 bits per heavy atom. The molecule has 1 N–H and O–H groups in total. The molecule has 2 saturated heterocycles. The molecule has 3 nitrogen and oxygen atoms in total. The Balaban J connectivity index is 1.76. The van der Waals surface area contributed by atoms with Crippen molar-refractivity contribution in [3.05, 3.63) is 16.1 Å². The first kappa shape index (κ1) is 13.9. The smallest absolute Gasteiger partial charge is 0.0897 e. The predicted molar refractivity (Wildman–Crippen MR) is 82.0 cm³/mol. The van der Waals surface area contributed by atoms with Crippen molar-refractivity contribution in [3.63, 3.8) is 0 Å². The highest BCUT2D eigenvalue weighted by molar-refractivity contribution is 7.99. The van der Waals surface area contributed by atoms with Crippen LogP contribution in [0.3, 0.4) is 0 Å². The zero-order valence-electron chi connectivity index (χ0n) is 11.6. The maximum Gasteiger partial charge on any atom is 0.0897 e. The second-order valence-electron chi connectivity index (χ2n) is 5.63. The van der Waals surface area contributed by atoms with Crippen LogP contribution in [0.5, 0.6) is 0 Å². The summed E-state index contributed by atoms with van der Waals surface area (Å²) < 4.78 is 6.13. The van der Waals surface area contributed by atoms with Crippen LogP contribution < -0.4 is 5.32 Å². The Hall–Kier alpha value is -0.100. The topological polar surface area (TPSA) is 34.2 Å². The summed E-state index contributed by atoms with van der Waals surface area (Å²) in [6.07, 6.45) is 5.64. The number of hydrogen-bond donors (Lipinski definition) is 1. The van der Waals surface area contributed by atoms with Crippen molar-refractivity contribution in [3.8, 4) is 0 Å². The molecule has 3 atom stereocenters. The van der Waals surface area contributed by atoms with Gasteiger partial charge in [-0.15, -0.1) is 11.3 Å². The number of aromatic nitrogens is 1. The van der Waals surface area contributed by atoms with E-state index in [1.807, 2.05) is 29.3 Å². The average molecular weight is 298 g/mol. The maximum atomic E-state index is 6.13. The van der Waals surface area contributed by atoms with E-state index in [2.05, 4.69) is 24.3 Å². The van der Waals surface area contributed by atoms with E-state index >= 15 is 0 Å². The number of nitrogens with zero attached hydrogens (tertiary/aromatic N) is 1. The summed E-state index contributed by atoms with van der Waals surface area (Å²) in [5.41, 5.74) is 0.169. The lowest BCUT2D eigenvalue weighted by molar-refractivity contribution is -0.0848. The fourth-order valence-electron chi connectivity index (χ4n) is 3.35. The van der Waals surface area contributed by atoms with Crippen molar-refractivity contribution in [2.75, 3.05) is 25.2 Å². The summed E-state index contributed by atoms with van der Waals surface area (Å²) in [6, 6.07) is 0.442. The van der Waals surface area contributed by atoms with E-state index in [0.717, 1.165) is 18.0 Å². The van der Waals surface area contributed by atoms with Crippen molar-refractivity contribution < 1.29 is 4.74 Å². The molecule has 5 heteroatoms. The quantitative estimate of drug-likeness (QED) is 0.930. The lowest BCUT2D eigenvalue weighted by atomic mass is 9.81. The molecule has 1 spiro atoms. The Morgan fingerprint density at radius 3 is 3.11 bits per heavy atom. The molecule has 2 fully saturated rings. The van der Waals surface area contributed by atoms with Gasteiger partial charge >= 0.3 is 0 Å². The minimum Gasteiger partial charge on any atom is -0.374 e. The molecule has 19 heavy (non-hydrogen) atoms. The number of thiazole rings is 1. The SMILES string of the molecule is CNC(c1cnc(C)s1)C1CCOC2(CCSC2)C1. The van der Waals surface area contributed by atoms with Gasteiger partial charge < -0.3 is 10.1 Å². The second-order valence-corrected chi connectivity index (χ2v) is 8.01. The van der Waals surface area contributed by atoms with Gasteiger partial charge in [0.1, 0.15) is 0 Å². The van der Waals surface area contributed by atoms with Crippen LogP contribution >= 0.6 is 23.1 Å². The third-order valence-corrected chi connectivity index (χ3v) is 6.55. The van der Waals surface area contributed by atoms with Crippen molar-refractivity contribution in [2.24, 2.45) is 5.92 Å². The molecule has 106 valence electrons. The molecular weight excluding hydrogens is 276 g/mol. The van der Waals surface area contributed by atoms with Crippen molar-refractivity contribution in [1.29, 1.82) is 0 Å². The van der Waals surface area contributed by atoms with Gasteiger partial charge in [0.05, 0.1) is 10.6 Å². The zero-order chi connectivity index (χ0) is 13.3. The molecule has 3 rings (SSSR count). The highest BCUT2D eigenvalue weighted by Gasteiger charge is 2.42. The van der Waals surface area contributed by atoms with Crippen LogP contribution in [-0.2, 0) is 4.74 Å². The molecule has 3 heterocycles. The molecule has 3 unspecified atom stereocenters. The zero-order valence-corrected chi connectivity index (χ0v) is 13.3. The number of rotatable bonds is 3. The minimum atomic E-state index is 0.169. The molecule has 1 aromatic rings. The van der Waals surface area contributed by atoms with Crippen LogP contribution in [0.25, 0.3) is 0 Å². The van der Waals surface area contributed by atoms with Crippen molar-refractivity contribution >= 4 is 23.1 Å². The molecule has 0 aliphatic carbocycles. The molecule has 0 bridgehead atoms. The van der Waals surface area contributed by atoms with Crippen LogP contribution in [0, 0.1) is 12.8 Å². The van der Waals surface area contributed by atoms with Gasteiger partial charge in [-0.05, 0) is 44.9 Å². The third kappa shape index (κ3) is 2.84. The van der Waals surface area contributed by atoms with Gasteiger partial charge in [-0.1, -0.05) is 0 Å². The number of aryl methyl sites for hydroxylation is 1. The second kappa shape index (κ2) is 5.72. The Bertz CT molecular complexity index is 429. The number of nitrogens with one attached hydrogen (secondary N) is 1. The summed E-state index contributed by atoms with van der Waals surface area (Å²) in [5, 5.41) is 4.68. The van der Waals surface area contributed by atoms with E-state index in [4.69, 9.17) is 4.74 Å². The first-order valence-electron chi connectivity index (χ1n) is 7.04. The fourth-order valence-corrected chi connectivity index (χ4v) is 5.71. The molecule has 0 amide bonds. The van der Waals surface area contributed by atoms with E-state index in [-0.39, 0.29) is 5.60 Å². The van der Waals surface area contributed by atoms with Crippen LogP contribution in [0.2, 0.25) is 0 Å². The molecule has 0 radical (unpaired) electrons.